The number of carbonyl (C=O) groups is 1. The molecular formula is C15H12N2O3S. The first kappa shape index (κ1) is 13.6. The molecule has 1 heterocycles. The zero-order chi connectivity index (χ0) is 14.7. The van der Waals surface area contributed by atoms with Gasteiger partial charge < -0.3 is 9.84 Å². The van der Waals surface area contributed by atoms with Gasteiger partial charge in [0.05, 0.1) is 11.7 Å². The predicted octanol–water partition coefficient (Wildman–Crippen LogP) is 3.18. The van der Waals surface area contributed by atoms with Crippen LogP contribution in [0.25, 0.3) is 0 Å². The number of aromatic carboxylic acids is 1. The van der Waals surface area contributed by atoms with Gasteiger partial charge in [0.25, 0.3) is 5.88 Å². The van der Waals surface area contributed by atoms with Crippen LogP contribution in [0.15, 0.2) is 24.3 Å². The molecule has 1 aromatic heterocycles. The van der Waals surface area contributed by atoms with E-state index in [1.54, 1.807) is 12.1 Å². The van der Waals surface area contributed by atoms with Crippen molar-refractivity contribution in [3.63, 3.8) is 0 Å². The van der Waals surface area contributed by atoms with Crippen LogP contribution in [0.4, 0.5) is 0 Å². The van der Waals surface area contributed by atoms with E-state index >= 15 is 0 Å². The summed E-state index contributed by atoms with van der Waals surface area (Å²) in [4.78, 5) is 11.0. The van der Waals surface area contributed by atoms with Crippen LogP contribution in [0, 0.1) is 17.8 Å². The van der Waals surface area contributed by atoms with E-state index in [0.29, 0.717) is 5.75 Å². The molecule has 1 fully saturated rings. The SMILES string of the molecule is O=C(O)c1nsnc1Oc1cccc(C#CCC2CC2)c1. The highest BCUT2D eigenvalue weighted by molar-refractivity contribution is 6.99. The number of aromatic nitrogens is 2. The average Bonchev–Trinajstić information content (AvgIpc) is 3.16. The number of hydrogen-bond acceptors (Lipinski definition) is 5. The minimum Gasteiger partial charge on any atom is -0.476 e. The maximum atomic E-state index is 11.0. The number of hydrogen-bond donors (Lipinski definition) is 1. The van der Waals surface area contributed by atoms with E-state index in [-0.39, 0.29) is 11.6 Å². The van der Waals surface area contributed by atoms with Crippen molar-refractivity contribution in [2.24, 2.45) is 5.92 Å². The van der Waals surface area contributed by atoms with Gasteiger partial charge in [0, 0.05) is 12.0 Å². The van der Waals surface area contributed by atoms with Gasteiger partial charge >= 0.3 is 5.97 Å². The van der Waals surface area contributed by atoms with Crippen molar-refractivity contribution in [3.05, 3.63) is 35.5 Å². The van der Waals surface area contributed by atoms with Gasteiger partial charge in [-0.15, -0.1) is 4.37 Å². The molecule has 0 aliphatic heterocycles. The molecule has 1 N–H and O–H groups in total. The number of carboxylic acid groups (broad SMARTS) is 1. The minimum absolute atomic E-state index is 0.00981. The third-order valence-corrected chi connectivity index (χ3v) is 3.54. The monoisotopic (exact) mass is 300 g/mol. The quantitative estimate of drug-likeness (QED) is 0.878. The van der Waals surface area contributed by atoms with Gasteiger partial charge in [-0.3, -0.25) is 0 Å². The fourth-order valence-corrected chi connectivity index (χ4v) is 2.22. The molecular weight excluding hydrogens is 288 g/mol. The second-order valence-electron chi connectivity index (χ2n) is 4.80. The Morgan fingerprint density at radius 3 is 3.05 bits per heavy atom. The van der Waals surface area contributed by atoms with Crippen molar-refractivity contribution >= 4 is 17.7 Å². The zero-order valence-electron chi connectivity index (χ0n) is 11.1. The molecule has 2 aromatic rings. The molecule has 5 nitrogen and oxygen atoms in total. The van der Waals surface area contributed by atoms with E-state index in [2.05, 4.69) is 20.6 Å². The largest absolute Gasteiger partial charge is 0.476 e. The Labute approximate surface area is 125 Å². The minimum atomic E-state index is -1.15. The number of nitrogens with zero attached hydrogens (tertiary/aromatic N) is 2. The number of carboxylic acids is 1. The average molecular weight is 300 g/mol. The zero-order valence-corrected chi connectivity index (χ0v) is 11.9. The highest BCUT2D eigenvalue weighted by atomic mass is 32.1. The summed E-state index contributed by atoms with van der Waals surface area (Å²) in [6, 6.07) is 7.21. The van der Waals surface area contributed by atoms with E-state index < -0.39 is 5.97 Å². The molecule has 1 aliphatic rings. The topological polar surface area (TPSA) is 72.3 Å². The maximum Gasteiger partial charge on any atom is 0.361 e. The van der Waals surface area contributed by atoms with Crippen LogP contribution >= 0.6 is 11.7 Å². The third-order valence-electron chi connectivity index (χ3n) is 3.03. The van der Waals surface area contributed by atoms with Crippen LogP contribution in [0.5, 0.6) is 11.6 Å². The van der Waals surface area contributed by atoms with Gasteiger partial charge in [0.2, 0.25) is 5.69 Å². The second-order valence-corrected chi connectivity index (χ2v) is 5.33. The predicted molar refractivity (Wildman–Crippen MR) is 77.6 cm³/mol. The molecule has 0 radical (unpaired) electrons. The highest BCUT2D eigenvalue weighted by Crippen LogP contribution is 2.31. The Morgan fingerprint density at radius 1 is 1.43 bits per heavy atom. The summed E-state index contributed by atoms with van der Waals surface area (Å²) in [5.74, 6) is 6.38. The Kier molecular flexibility index (Phi) is 3.84. The van der Waals surface area contributed by atoms with Crippen LogP contribution in [0.3, 0.4) is 0 Å². The van der Waals surface area contributed by atoms with Crippen LogP contribution in [-0.4, -0.2) is 19.8 Å². The Bertz CT molecular complexity index is 726. The molecule has 6 heteroatoms. The smallest absolute Gasteiger partial charge is 0.361 e. The fourth-order valence-electron chi connectivity index (χ4n) is 1.75. The Hall–Kier alpha value is -2.39. The standard InChI is InChI=1S/C15H12N2O3S/c18-15(19)13-14(17-21-16-13)20-12-6-2-5-11(9-12)4-1-3-10-7-8-10/h2,5-6,9-10H,3,7-8H2,(H,18,19). The molecule has 21 heavy (non-hydrogen) atoms. The van der Waals surface area contributed by atoms with E-state index in [4.69, 9.17) is 9.84 Å². The molecule has 1 aromatic carbocycles. The first-order chi connectivity index (χ1) is 10.2. The van der Waals surface area contributed by atoms with Crippen LogP contribution < -0.4 is 4.74 Å². The first-order valence-corrected chi connectivity index (χ1v) is 7.28. The van der Waals surface area contributed by atoms with Crippen molar-refractivity contribution in [3.8, 4) is 23.5 Å². The Morgan fingerprint density at radius 2 is 2.29 bits per heavy atom. The van der Waals surface area contributed by atoms with Crippen LogP contribution in [-0.2, 0) is 0 Å². The Balaban J connectivity index is 1.74. The third kappa shape index (κ3) is 3.58. The van der Waals surface area contributed by atoms with Crippen molar-refractivity contribution in [1.29, 1.82) is 0 Å². The van der Waals surface area contributed by atoms with Gasteiger partial charge in [-0.05, 0) is 37.0 Å². The molecule has 3 rings (SSSR count). The maximum absolute atomic E-state index is 11.0. The lowest BCUT2D eigenvalue weighted by atomic mass is 10.2. The summed E-state index contributed by atoms with van der Waals surface area (Å²) in [5, 5.41) is 8.96. The molecule has 0 saturated heterocycles. The number of ether oxygens (including phenoxy) is 1. The summed E-state index contributed by atoms with van der Waals surface area (Å²) in [5.41, 5.74) is 0.665. The molecule has 1 aliphatic carbocycles. The fraction of sp³-hybridized carbons (Fsp3) is 0.267. The van der Waals surface area contributed by atoms with E-state index in [1.807, 2.05) is 12.1 Å². The van der Waals surface area contributed by atoms with Gasteiger partial charge in [-0.2, -0.15) is 4.37 Å². The molecule has 0 bridgehead atoms. The molecule has 0 amide bonds. The summed E-state index contributed by atoms with van der Waals surface area (Å²) in [6.07, 6.45) is 3.50. The molecule has 0 spiro atoms. The molecule has 0 atom stereocenters. The van der Waals surface area contributed by atoms with Gasteiger partial charge in [-0.1, -0.05) is 17.9 Å². The summed E-state index contributed by atoms with van der Waals surface area (Å²) in [6.45, 7) is 0. The lowest BCUT2D eigenvalue weighted by molar-refractivity contribution is 0.0688. The van der Waals surface area contributed by atoms with Gasteiger partial charge in [0.1, 0.15) is 5.75 Å². The van der Waals surface area contributed by atoms with Crippen LogP contribution in [0.2, 0.25) is 0 Å². The molecule has 1 saturated carbocycles. The first-order valence-electron chi connectivity index (χ1n) is 6.55. The number of rotatable bonds is 4. The molecule has 0 unspecified atom stereocenters. The van der Waals surface area contributed by atoms with E-state index in [9.17, 15) is 4.79 Å². The molecule has 106 valence electrons. The van der Waals surface area contributed by atoms with Crippen molar-refractivity contribution in [1.82, 2.24) is 8.75 Å². The lowest BCUT2D eigenvalue weighted by Crippen LogP contribution is -1.99. The number of benzene rings is 1. The van der Waals surface area contributed by atoms with Crippen molar-refractivity contribution in [2.75, 3.05) is 0 Å². The summed E-state index contributed by atoms with van der Waals surface area (Å²) < 4.78 is 13.0. The van der Waals surface area contributed by atoms with Crippen LogP contribution in [0.1, 0.15) is 35.3 Å². The summed E-state index contributed by atoms with van der Waals surface area (Å²) >= 11 is 0.808. The van der Waals surface area contributed by atoms with Crippen molar-refractivity contribution < 1.29 is 14.6 Å². The lowest BCUT2D eigenvalue weighted by Gasteiger charge is -2.02. The van der Waals surface area contributed by atoms with E-state index in [1.165, 1.54) is 12.8 Å². The normalized spacial score (nSPS) is 13.3. The van der Waals surface area contributed by atoms with Gasteiger partial charge in [-0.25, -0.2) is 4.79 Å². The highest BCUT2D eigenvalue weighted by Gasteiger charge is 2.19. The van der Waals surface area contributed by atoms with E-state index in [0.717, 1.165) is 29.6 Å². The van der Waals surface area contributed by atoms with Crippen molar-refractivity contribution in [2.45, 2.75) is 19.3 Å². The summed E-state index contributed by atoms with van der Waals surface area (Å²) in [7, 11) is 0. The second kappa shape index (κ2) is 5.94. The van der Waals surface area contributed by atoms with Gasteiger partial charge in [0.15, 0.2) is 0 Å².